The SMILES string of the molecule is CCNC(=NCc1ccc(OCCCN(C)C)cc1)NC1CCS(=O)(=O)C1.I. The van der Waals surface area contributed by atoms with Gasteiger partial charge in [0.25, 0.3) is 0 Å². The molecule has 1 heterocycles. The van der Waals surface area contributed by atoms with E-state index in [2.05, 4.69) is 34.6 Å². The summed E-state index contributed by atoms with van der Waals surface area (Å²) < 4.78 is 28.9. The van der Waals surface area contributed by atoms with Crippen LogP contribution in [0.2, 0.25) is 0 Å². The molecule has 1 unspecified atom stereocenters. The summed E-state index contributed by atoms with van der Waals surface area (Å²) in [5.41, 5.74) is 1.08. The minimum Gasteiger partial charge on any atom is -0.494 e. The molecule has 0 bridgehead atoms. The third kappa shape index (κ3) is 9.42. The first-order valence-electron chi connectivity index (χ1n) is 9.49. The summed E-state index contributed by atoms with van der Waals surface area (Å²) in [6.07, 6.45) is 1.63. The zero-order valence-electron chi connectivity index (χ0n) is 17.0. The standard InChI is InChI=1S/C19H32N4O3S.HI/c1-4-20-19(22-17-10-13-27(24,25)15-17)21-14-16-6-8-18(9-7-16)26-12-5-11-23(2)3;/h6-9,17H,4-5,10-15H2,1-3H3,(H2,20,21,22);1H. The van der Waals surface area contributed by atoms with E-state index in [1.807, 2.05) is 31.2 Å². The summed E-state index contributed by atoms with van der Waals surface area (Å²) in [6, 6.07) is 7.88. The molecule has 160 valence electrons. The third-order valence-electron chi connectivity index (χ3n) is 4.28. The lowest BCUT2D eigenvalue weighted by atomic mass is 10.2. The Kier molecular flexibility index (Phi) is 11.1. The zero-order valence-corrected chi connectivity index (χ0v) is 20.1. The number of sulfone groups is 1. The molecule has 0 radical (unpaired) electrons. The van der Waals surface area contributed by atoms with Gasteiger partial charge in [0, 0.05) is 19.1 Å². The number of benzene rings is 1. The molecule has 0 saturated carbocycles. The Labute approximate surface area is 186 Å². The highest BCUT2D eigenvalue weighted by Gasteiger charge is 2.28. The molecule has 1 atom stereocenters. The maximum atomic E-state index is 11.6. The summed E-state index contributed by atoms with van der Waals surface area (Å²) in [7, 11) is 1.20. The van der Waals surface area contributed by atoms with Crippen molar-refractivity contribution in [2.45, 2.75) is 32.4 Å². The lowest BCUT2D eigenvalue weighted by molar-refractivity contribution is 0.281. The lowest BCUT2D eigenvalue weighted by Gasteiger charge is -2.15. The molecule has 7 nitrogen and oxygen atoms in total. The molecule has 0 aliphatic carbocycles. The number of rotatable bonds is 9. The number of hydrogen-bond donors (Lipinski definition) is 2. The van der Waals surface area contributed by atoms with Gasteiger partial charge in [-0.15, -0.1) is 24.0 Å². The molecule has 1 saturated heterocycles. The monoisotopic (exact) mass is 524 g/mol. The second-order valence-corrected chi connectivity index (χ2v) is 9.32. The zero-order chi connectivity index (χ0) is 19.7. The molecule has 0 amide bonds. The van der Waals surface area contributed by atoms with Gasteiger partial charge < -0.3 is 20.3 Å². The predicted molar refractivity (Wildman–Crippen MR) is 126 cm³/mol. The quantitative estimate of drug-likeness (QED) is 0.222. The number of ether oxygens (including phenoxy) is 1. The van der Waals surface area contributed by atoms with E-state index >= 15 is 0 Å². The van der Waals surface area contributed by atoms with Crippen LogP contribution in [-0.2, 0) is 16.4 Å². The molecule has 1 aromatic carbocycles. The normalized spacial score (nSPS) is 18.6. The average Bonchev–Trinajstić information content (AvgIpc) is 2.96. The van der Waals surface area contributed by atoms with Gasteiger partial charge >= 0.3 is 0 Å². The van der Waals surface area contributed by atoms with Gasteiger partial charge in [0.05, 0.1) is 24.7 Å². The Bertz CT molecular complexity index is 708. The van der Waals surface area contributed by atoms with E-state index in [0.717, 1.165) is 30.8 Å². The fraction of sp³-hybridized carbons (Fsp3) is 0.632. The molecule has 0 spiro atoms. The Morgan fingerprint density at radius 3 is 2.57 bits per heavy atom. The fourth-order valence-corrected chi connectivity index (χ4v) is 4.53. The van der Waals surface area contributed by atoms with E-state index < -0.39 is 9.84 Å². The summed E-state index contributed by atoms with van der Waals surface area (Å²) in [5, 5.41) is 6.41. The van der Waals surface area contributed by atoms with Crippen LogP contribution in [0.1, 0.15) is 25.3 Å². The van der Waals surface area contributed by atoms with E-state index in [4.69, 9.17) is 4.74 Å². The van der Waals surface area contributed by atoms with Crippen molar-refractivity contribution in [3.8, 4) is 5.75 Å². The van der Waals surface area contributed by atoms with Gasteiger partial charge in [0.2, 0.25) is 0 Å². The highest BCUT2D eigenvalue weighted by Crippen LogP contribution is 2.14. The van der Waals surface area contributed by atoms with Crippen LogP contribution >= 0.6 is 24.0 Å². The van der Waals surface area contributed by atoms with Gasteiger partial charge in [-0.1, -0.05) is 12.1 Å². The van der Waals surface area contributed by atoms with Crippen molar-refractivity contribution in [2.75, 3.05) is 45.3 Å². The van der Waals surface area contributed by atoms with Crippen LogP contribution in [0.4, 0.5) is 0 Å². The number of guanidine groups is 1. The largest absolute Gasteiger partial charge is 0.494 e. The molecule has 0 aromatic heterocycles. The van der Waals surface area contributed by atoms with Crippen molar-refractivity contribution in [2.24, 2.45) is 4.99 Å². The maximum absolute atomic E-state index is 11.6. The van der Waals surface area contributed by atoms with E-state index in [1.54, 1.807) is 0 Å². The minimum atomic E-state index is -2.90. The Morgan fingerprint density at radius 2 is 2.00 bits per heavy atom. The molecule has 2 N–H and O–H groups in total. The highest BCUT2D eigenvalue weighted by molar-refractivity contribution is 14.0. The number of hydrogen-bond acceptors (Lipinski definition) is 5. The number of nitrogens with zero attached hydrogens (tertiary/aromatic N) is 2. The molecule has 2 rings (SSSR count). The van der Waals surface area contributed by atoms with Gasteiger partial charge in [-0.05, 0) is 51.6 Å². The van der Waals surface area contributed by atoms with Crippen LogP contribution in [-0.4, -0.2) is 70.6 Å². The summed E-state index contributed by atoms with van der Waals surface area (Å²) >= 11 is 0. The van der Waals surface area contributed by atoms with Crippen molar-refractivity contribution in [3.05, 3.63) is 29.8 Å². The Morgan fingerprint density at radius 1 is 1.29 bits per heavy atom. The molecule has 28 heavy (non-hydrogen) atoms. The minimum absolute atomic E-state index is 0. The van der Waals surface area contributed by atoms with E-state index in [1.165, 1.54) is 0 Å². The molecule has 1 aliphatic rings. The summed E-state index contributed by atoms with van der Waals surface area (Å²) in [6.45, 7) is 4.95. The second-order valence-electron chi connectivity index (χ2n) is 7.09. The molecule has 1 fully saturated rings. The molecule has 1 aromatic rings. The smallest absolute Gasteiger partial charge is 0.191 e. The van der Waals surface area contributed by atoms with Crippen molar-refractivity contribution >= 4 is 39.8 Å². The first-order chi connectivity index (χ1) is 12.9. The van der Waals surface area contributed by atoms with Gasteiger partial charge in [-0.25, -0.2) is 13.4 Å². The van der Waals surface area contributed by atoms with E-state index in [9.17, 15) is 8.42 Å². The van der Waals surface area contributed by atoms with Crippen LogP contribution in [0.15, 0.2) is 29.3 Å². The fourth-order valence-electron chi connectivity index (χ4n) is 2.85. The van der Waals surface area contributed by atoms with Crippen molar-refractivity contribution in [1.29, 1.82) is 0 Å². The Balaban J connectivity index is 0.00000392. The van der Waals surface area contributed by atoms with Gasteiger partial charge in [0.15, 0.2) is 15.8 Å². The molecule has 9 heteroatoms. The van der Waals surface area contributed by atoms with Crippen molar-refractivity contribution in [3.63, 3.8) is 0 Å². The third-order valence-corrected chi connectivity index (χ3v) is 6.05. The second kappa shape index (κ2) is 12.5. The van der Waals surface area contributed by atoms with Gasteiger partial charge in [-0.2, -0.15) is 0 Å². The summed E-state index contributed by atoms with van der Waals surface area (Å²) in [4.78, 5) is 6.71. The van der Waals surface area contributed by atoms with Crippen LogP contribution in [0.3, 0.4) is 0 Å². The number of aliphatic imine (C=N–C) groups is 1. The first-order valence-corrected chi connectivity index (χ1v) is 11.3. The molecular formula is C19H33IN4O3S. The summed E-state index contributed by atoms with van der Waals surface area (Å²) in [5.74, 6) is 1.95. The van der Waals surface area contributed by atoms with Crippen LogP contribution < -0.4 is 15.4 Å². The van der Waals surface area contributed by atoms with Crippen molar-refractivity contribution < 1.29 is 13.2 Å². The van der Waals surface area contributed by atoms with Crippen LogP contribution in [0.5, 0.6) is 5.75 Å². The van der Waals surface area contributed by atoms with Gasteiger partial charge in [-0.3, -0.25) is 0 Å². The predicted octanol–water partition coefficient (Wildman–Crippen LogP) is 1.88. The topological polar surface area (TPSA) is 83.0 Å². The Hall–Kier alpha value is -1.07. The van der Waals surface area contributed by atoms with E-state index in [-0.39, 0.29) is 41.5 Å². The maximum Gasteiger partial charge on any atom is 0.191 e. The number of nitrogens with one attached hydrogen (secondary N) is 2. The van der Waals surface area contributed by atoms with Crippen LogP contribution in [0, 0.1) is 0 Å². The lowest BCUT2D eigenvalue weighted by Crippen LogP contribution is -2.44. The van der Waals surface area contributed by atoms with Crippen molar-refractivity contribution in [1.82, 2.24) is 15.5 Å². The first kappa shape index (κ1) is 25.0. The number of halogens is 1. The average molecular weight is 524 g/mol. The molecule has 1 aliphatic heterocycles. The van der Waals surface area contributed by atoms with E-state index in [0.29, 0.717) is 25.5 Å². The van der Waals surface area contributed by atoms with Crippen LogP contribution in [0.25, 0.3) is 0 Å². The highest BCUT2D eigenvalue weighted by atomic mass is 127. The molecular weight excluding hydrogens is 491 g/mol. The van der Waals surface area contributed by atoms with Gasteiger partial charge in [0.1, 0.15) is 5.75 Å².